The third kappa shape index (κ3) is 6.98. The summed E-state index contributed by atoms with van der Waals surface area (Å²) in [7, 11) is 0. The van der Waals surface area contributed by atoms with Crippen molar-refractivity contribution in [3.05, 3.63) is 96.1 Å². The average Bonchev–Trinajstić information content (AvgIpc) is 3.80. The van der Waals surface area contributed by atoms with E-state index in [4.69, 9.17) is 14.8 Å². The number of carboxylic acids is 1. The van der Waals surface area contributed by atoms with Crippen molar-refractivity contribution in [3.63, 3.8) is 0 Å². The second kappa shape index (κ2) is 14.0. The Balaban J connectivity index is 1.16. The van der Waals surface area contributed by atoms with E-state index >= 15 is 0 Å². The number of phenols is 1. The molecule has 0 spiro atoms. The standard InChI is InChI=1S/C37H35N7O5/c45-29-8-4-5-24(20-29)31-15-11-26(37(48)38-18-17-34(46)47)19-27(31)22-49-30-13-9-23(10-14-30)36-39-32-21-25(35-40-42-43-41-35)12-16-33(32)44(36)28-6-2-1-3-7-28/h4-5,8-16,19-21,28,45H,1-3,6-7,17-18,22H2,(H,38,48)(H,46,47)(H,40,41,42,43). The van der Waals surface area contributed by atoms with Crippen LogP contribution in [-0.4, -0.2) is 58.8 Å². The minimum absolute atomic E-state index is 0.0230. The summed E-state index contributed by atoms with van der Waals surface area (Å²) < 4.78 is 8.64. The molecule has 0 unspecified atom stereocenters. The molecule has 1 aliphatic carbocycles. The maximum absolute atomic E-state index is 12.8. The van der Waals surface area contributed by atoms with E-state index in [1.807, 2.05) is 48.5 Å². The number of ether oxygens (including phenoxy) is 1. The number of imidazole rings is 1. The number of carboxylic acid groups (broad SMARTS) is 1. The number of phenolic OH excluding ortho intramolecular Hbond substituents is 1. The van der Waals surface area contributed by atoms with Gasteiger partial charge in [0.2, 0.25) is 5.82 Å². The van der Waals surface area contributed by atoms with Crippen LogP contribution in [-0.2, 0) is 11.4 Å². The first-order valence-corrected chi connectivity index (χ1v) is 16.3. The molecule has 1 saturated carbocycles. The van der Waals surface area contributed by atoms with Gasteiger partial charge in [0.25, 0.3) is 5.91 Å². The largest absolute Gasteiger partial charge is 0.508 e. The van der Waals surface area contributed by atoms with Gasteiger partial charge in [0.1, 0.15) is 23.9 Å². The second-order valence-electron chi connectivity index (χ2n) is 12.2. The quantitative estimate of drug-likeness (QED) is 0.121. The molecule has 0 radical (unpaired) electrons. The molecule has 1 amide bonds. The van der Waals surface area contributed by atoms with Gasteiger partial charge in [0, 0.05) is 29.3 Å². The number of aliphatic carboxylic acids is 1. The lowest BCUT2D eigenvalue weighted by Gasteiger charge is -2.25. The van der Waals surface area contributed by atoms with Gasteiger partial charge < -0.3 is 24.8 Å². The molecule has 248 valence electrons. The number of nitrogens with zero attached hydrogens (tertiary/aromatic N) is 5. The van der Waals surface area contributed by atoms with Gasteiger partial charge in [-0.25, -0.2) is 4.98 Å². The van der Waals surface area contributed by atoms with E-state index in [9.17, 15) is 14.7 Å². The van der Waals surface area contributed by atoms with Crippen molar-refractivity contribution in [1.29, 1.82) is 0 Å². The molecule has 12 nitrogen and oxygen atoms in total. The number of hydrogen-bond donors (Lipinski definition) is 4. The number of hydrogen-bond acceptors (Lipinski definition) is 8. The van der Waals surface area contributed by atoms with Gasteiger partial charge in [-0.15, -0.1) is 10.2 Å². The van der Waals surface area contributed by atoms with E-state index in [-0.39, 0.29) is 31.2 Å². The number of rotatable bonds is 11. The van der Waals surface area contributed by atoms with E-state index in [0.717, 1.165) is 57.5 Å². The number of carbonyl (C=O) groups is 2. The average molecular weight is 658 g/mol. The Kier molecular flexibility index (Phi) is 9.00. The van der Waals surface area contributed by atoms with Crippen LogP contribution < -0.4 is 10.1 Å². The van der Waals surface area contributed by atoms with Crippen LogP contribution in [0, 0.1) is 0 Å². The van der Waals surface area contributed by atoms with Gasteiger partial charge in [0.05, 0.1) is 17.5 Å². The van der Waals surface area contributed by atoms with E-state index in [1.54, 1.807) is 30.3 Å². The van der Waals surface area contributed by atoms with Crippen LogP contribution in [0.15, 0.2) is 84.9 Å². The van der Waals surface area contributed by atoms with Gasteiger partial charge in [-0.1, -0.05) is 37.5 Å². The number of tetrazole rings is 1. The molecular formula is C37H35N7O5. The van der Waals surface area contributed by atoms with E-state index < -0.39 is 5.97 Å². The van der Waals surface area contributed by atoms with Crippen LogP contribution in [0.1, 0.15) is 60.5 Å². The number of benzene rings is 4. The van der Waals surface area contributed by atoms with Gasteiger partial charge in [-0.05, 0) is 101 Å². The maximum atomic E-state index is 12.8. The van der Waals surface area contributed by atoms with Crippen molar-refractivity contribution in [2.75, 3.05) is 6.54 Å². The lowest BCUT2D eigenvalue weighted by Crippen LogP contribution is -2.26. The number of carbonyl (C=O) groups excluding carboxylic acids is 1. The van der Waals surface area contributed by atoms with Crippen molar-refractivity contribution in [2.24, 2.45) is 0 Å². The molecule has 0 bridgehead atoms. The fraction of sp³-hybridized carbons (Fsp3) is 0.243. The van der Waals surface area contributed by atoms with Crippen molar-refractivity contribution < 1.29 is 24.5 Å². The normalized spacial score (nSPS) is 13.4. The van der Waals surface area contributed by atoms with Crippen molar-refractivity contribution in [3.8, 4) is 45.4 Å². The molecule has 1 fully saturated rings. The maximum Gasteiger partial charge on any atom is 0.305 e. The third-order valence-electron chi connectivity index (χ3n) is 8.89. The fourth-order valence-corrected chi connectivity index (χ4v) is 6.49. The number of aromatic hydroxyl groups is 1. The van der Waals surface area contributed by atoms with Gasteiger partial charge in [0.15, 0.2) is 0 Å². The molecular weight excluding hydrogens is 622 g/mol. The van der Waals surface area contributed by atoms with Crippen molar-refractivity contribution in [2.45, 2.75) is 51.2 Å². The number of aromatic nitrogens is 6. The minimum atomic E-state index is -0.986. The summed E-state index contributed by atoms with van der Waals surface area (Å²) in [4.78, 5) is 28.8. The summed E-state index contributed by atoms with van der Waals surface area (Å²) in [5.74, 6) is 0.822. The Morgan fingerprint density at radius 1 is 0.918 bits per heavy atom. The minimum Gasteiger partial charge on any atom is -0.508 e. The van der Waals surface area contributed by atoms with Gasteiger partial charge >= 0.3 is 5.97 Å². The predicted octanol–water partition coefficient (Wildman–Crippen LogP) is 6.54. The van der Waals surface area contributed by atoms with E-state index in [0.29, 0.717) is 23.2 Å². The first kappa shape index (κ1) is 31.6. The lowest BCUT2D eigenvalue weighted by molar-refractivity contribution is -0.136. The molecule has 4 aromatic carbocycles. The second-order valence-corrected chi connectivity index (χ2v) is 12.2. The van der Waals surface area contributed by atoms with E-state index in [2.05, 4.69) is 36.6 Å². The fourth-order valence-electron chi connectivity index (χ4n) is 6.49. The Labute approximate surface area is 281 Å². The Hall–Kier alpha value is -6.04. The smallest absolute Gasteiger partial charge is 0.305 e. The molecule has 0 atom stereocenters. The molecule has 49 heavy (non-hydrogen) atoms. The number of fused-ring (bicyclic) bond motifs is 1. The highest BCUT2D eigenvalue weighted by atomic mass is 16.5. The number of nitrogens with one attached hydrogen (secondary N) is 2. The monoisotopic (exact) mass is 657 g/mol. The van der Waals surface area contributed by atoms with Gasteiger partial charge in [-0.3, -0.25) is 9.59 Å². The summed E-state index contributed by atoms with van der Waals surface area (Å²) in [6.07, 6.45) is 5.66. The zero-order chi connectivity index (χ0) is 33.7. The number of H-pyrrole nitrogens is 1. The number of aromatic amines is 1. The summed E-state index contributed by atoms with van der Waals surface area (Å²) in [5.41, 5.74) is 6.44. The first-order chi connectivity index (χ1) is 23.9. The van der Waals surface area contributed by atoms with Crippen LogP contribution in [0.5, 0.6) is 11.5 Å². The molecule has 0 aliphatic heterocycles. The summed E-state index contributed by atoms with van der Waals surface area (Å²) >= 11 is 0. The highest BCUT2D eigenvalue weighted by Gasteiger charge is 2.23. The van der Waals surface area contributed by atoms with E-state index in [1.165, 1.54) is 19.3 Å². The highest BCUT2D eigenvalue weighted by molar-refractivity contribution is 5.95. The van der Waals surface area contributed by atoms with Crippen LogP contribution in [0.4, 0.5) is 0 Å². The van der Waals surface area contributed by atoms with Crippen molar-refractivity contribution in [1.82, 2.24) is 35.5 Å². The Morgan fingerprint density at radius 2 is 1.73 bits per heavy atom. The highest BCUT2D eigenvalue weighted by Crippen LogP contribution is 2.37. The Bertz CT molecular complexity index is 2100. The third-order valence-corrected chi connectivity index (χ3v) is 8.89. The topological polar surface area (TPSA) is 168 Å². The summed E-state index contributed by atoms with van der Waals surface area (Å²) in [6.45, 7) is 0.176. The zero-order valence-corrected chi connectivity index (χ0v) is 26.7. The molecule has 7 rings (SSSR count). The molecule has 2 heterocycles. The molecule has 0 saturated heterocycles. The zero-order valence-electron chi connectivity index (χ0n) is 26.7. The van der Waals surface area contributed by atoms with Crippen LogP contribution in [0.2, 0.25) is 0 Å². The molecule has 2 aromatic heterocycles. The van der Waals surface area contributed by atoms with Crippen LogP contribution >= 0.6 is 0 Å². The Morgan fingerprint density at radius 3 is 2.49 bits per heavy atom. The van der Waals surface area contributed by atoms with Gasteiger partial charge in [-0.2, -0.15) is 5.21 Å². The van der Waals surface area contributed by atoms with Crippen molar-refractivity contribution >= 4 is 22.9 Å². The molecule has 1 aliphatic rings. The SMILES string of the molecule is O=C(O)CCNC(=O)c1ccc(-c2cccc(O)c2)c(COc2ccc(-c3nc4cc(-c5nn[nH]n5)ccc4n3C3CCCCC3)cc2)c1. The summed E-state index contributed by atoms with van der Waals surface area (Å²) in [5, 5.41) is 36.2. The molecule has 6 aromatic rings. The first-order valence-electron chi connectivity index (χ1n) is 16.3. The predicted molar refractivity (Wildman–Crippen MR) is 183 cm³/mol. The van der Waals surface area contributed by atoms with Crippen LogP contribution in [0.3, 0.4) is 0 Å². The van der Waals surface area contributed by atoms with Crippen LogP contribution in [0.25, 0.3) is 44.9 Å². The number of amides is 1. The lowest BCUT2D eigenvalue weighted by atomic mass is 9.95. The molecule has 12 heteroatoms. The summed E-state index contributed by atoms with van der Waals surface area (Å²) in [6, 6.07) is 26.4. The molecule has 4 N–H and O–H groups in total.